The molecule has 0 amide bonds. The van der Waals surface area contributed by atoms with Gasteiger partial charge in [0.2, 0.25) is 5.28 Å². The molecule has 5 nitrogen and oxygen atoms in total. The molecule has 1 aromatic carbocycles. The van der Waals surface area contributed by atoms with Gasteiger partial charge in [0.15, 0.2) is 5.65 Å². The van der Waals surface area contributed by atoms with Gasteiger partial charge in [0.05, 0.1) is 6.20 Å². The Bertz CT molecular complexity index is 770. The fourth-order valence-electron chi connectivity index (χ4n) is 1.66. The zero-order valence-electron chi connectivity index (χ0n) is 9.09. The summed E-state index contributed by atoms with van der Waals surface area (Å²) in [5, 5.41) is 0.0763. The van der Waals surface area contributed by atoms with Crippen molar-refractivity contribution >= 4 is 22.8 Å². The minimum Gasteiger partial charge on any atom is -0.303 e. The van der Waals surface area contributed by atoms with Crippen LogP contribution in [0.25, 0.3) is 22.4 Å². The van der Waals surface area contributed by atoms with E-state index in [1.165, 1.54) is 6.20 Å². The number of benzene rings is 1. The van der Waals surface area contributed by atoms with E-state index in [2.05, 4.69) is 19.9 Å². The van der Waals surface area contributed by atoms with E-state index in [9.17, 15) is 4.79 Å². The molecule has 0 aliphatic carbocycles. The number of halogens is 1. The zero-order valence-corrected chi connectivity index (χ0v) is 9.85. The summed E-state index contributed by atoms with van der Waals surface area (Å²) in [6, 6.07) is 9.21. The van der Waals surface area contributed by atoms with Gasteiger partial charge in [-0.2, -0.15) is 4.98 Å². The van der Waals surface area contributed by atoms with Gasteiger partial charge < -0.3 is 4.98 Å². The standard InChI is InChI=1S/C12H7ClN4O/c13-12-14-6-8-10(17-12)16-11(18)9(15-8)7-4-2-1-3-5-7/h1-6H,(H,14,16,17,18). The van der Waals surface area contributed by atoms with E-state index in [1.54, 1.807) is 0 Å². The average Bonchev–Trinajstić information content (AvgIpc) is 2.39. The van der Waals surface area contributed by atoms with Crippen molar-refractivity contribution in [3.8, 4) is 11.3 Å². The Hall–Kier alpha value is -2.27. The van der Waals surface area contributed by atoms with Gasteiger partial charge in [-0.3, -0.25) is 4.79 Å². The Balaban J connectivity index is 2.29. The molecule has 6 heteroatoms. The van der Waals surface area contributed by atoms with Crippen molar-refractivity contribution in [2.45, 2.75) is 0 Å². The number of aromatic amines is 1. The molecule has 88 valence electrons. The van der Waals surface area contributed by atoms with Crippen LogP contribution < -0.4 is 5.56 Å². The van der Waals surface area contributed by atoms with Gasteiger partial charge in [-0.05, 0) is 11.6 Å². The Morgan fingerprint density at radius 1 is 1.11 bits per heavy atom. The lowest BCUT2D eigenvalue weighted by molar-refractivity contribution is 1.12. The first-order valence-corrected chi connectivity index (χ1v) is 5.60. The molecular weight excluding hydrogens is 252 g/mol. The van der Waals surface area contributed by atoms with E-state index in [1.807, 2.05) is 30.3 Å². The number of nitrogens with zero attached hydrogens (tertiary/aromatic N) is 3. The molecule has 18 heavy (non-hydrogen) atoms. The lowest BCUT2D eigenvalue weighted by atomic mass is 10.1. The second kappa shape index (κ2) is 4.19. The van der Waals surface area contributed by atoms with Crippen molar-refractivity contribution in [1.29, 1.82) is 0 Å². The van der Waals surface area contributed by atoms with E-state index in [0.29, 0.717) is 16.9 Å². The van der Waals surface area contributed by atoms with Gasteiger partial charge >= 0.3 is 0 Å². The molecule has 0 unspecified atom stereocenters. The summed E-state index contributed by atoms with van der Waals surface area (Å²) in [4.78, 5) is 26.6. The SMILES string of the molecule is O=c1[nH]c2nc(Cl)ncc2nc1-c1ccccc1. The van der Waals surface area contributed by atoms with Crippen molar-refractivity contribution in [1.82, 2.24) is 19.9 Å². The fraction of sp³-hybridized carbons (Fsp3) is 0. The van der Waals surface area contributed by atoms with Crippen LogP contribution in [0, 0.1) is 0 Å². The molecule has 2 aromatic heterocycles. The van der Waals surface area contributed by atoms with Gasteiger partial charge in [-0.1, -0.05) is 30.3 Å². The number of H-pyrrole nitrogens is 1. The second-order valence-corrected chi connectivity index (χ2v) is 3.99. The summed E-state index contributed by atoms with van der Waals surface area (Å²) in [5.74, 6) is 0. The first-order chi connectivity index (χ1) is 8.74. The van der Waals surface area contributed by atoms with Crippen LogP contribution in [0.2, 0.25) is 5.28 Å². The molecule has 0 saturated heterocycles. The van der Waals surface area contributed by atoms with Crippen LogP contribution in [0.5, 0.6) is 0 Å². The molecule has 0 fully saturated rings. The van der Waals surface area contributed by atoms with E-state index >= 15 is 0 Å². The monoisotopic (exact) mass is 258 g/mol. The van der Waals surface area contributed by atoms with Crippen molar-refractivity contribution in [3.63, 3.8) is 0 Å². The van der Waals surface area contributed by atoms with Crippen molar-refractivity contribution in [2.75, 3.05) is 0 Å². The fourth-order valence-corrected chi connectivity index (χ4v) is 1.79. The maximum atomic E-state index is 11.9. The highest BCUT2D eigenvalue weighted by molar-refractivity contribution is 6.28. The summed E-state index contributed by atoms with van der Waals surface area (Å²) < 4.78 is 0. The van der Waals surface area contributed by atoms with Crippen LogP contribution in [0.4, 0.5) is 0 Å². The predicted octanol–water partition coefficient (Wildman–Crippen LogP) is 2.03. The smallest absolute Gasteiger partial charge is 0.276 e. The molecule has 0 bridgehead atoms. The minimum atomic E-state index is -0.302. The van der Waals surface area contributed by atoms with Crippen molar-refractivity contribution in [3.05, 3.63) is 52.2 Å². The topological polar surface area (TPSA) is 71.5 Å². The maximum absolute atomic E-state index is 11.9. The Morgan fingerprint density at radius 3 is 2.67 bits per heavy atom. The summed E-state index contributed by atoms with van der Waals surface area (Å²) >= 11 is 5.66. The lowest BCUT2D eigenvalue weighted by Gasteiger charge is -2.01. The van der Waals surface area contributed by atoms with Crippen LogP contribution in [0.3, 0.4) is 0 Å². The van der Waals surface area contributed by atoms with Crippen LogP contribution in [0.15, 0.2) is 41.3 Å². The van der Waals surface area contributed by atoms with Gasteiger partial charge in [0.1, 0.15) is 11.2 Å². The number of rotatable bonds is 1. The average molecular weight is 259 g/mol. The Labute approximate surface area is 107 Å². The first-order valence-electron chi connectivity index (χ1n) is 5.22. The minimum absolute atomic E-state index is 0.0763. The third kappa shape index (κ3) is 1.84. The molecular formula is C12H7ClN4O. The molecule has 0 aliphatic rings. The molecule has 0 aliphatic heterocycles. The van der Waals surface area contributed by atoms with E-state index < -0.39 is 0 Å². The zero-order chi connectivity index (χ0) is 12.5. The Morgan fingerprint density at radius 2 is 1.89 bits per heavy atom. The first kappa shape index (κ1) is 10.9. The van der Waals surface area contributed by atoms with Crippen LogP contribution in [-0.2, 0) is 0 Å². The van der Waals surface area contributed by atoms with E-state index in [4.69, 9.17) is 11.6 Å². The number of aromatic nitrogens is 4. The van der Waals surface area contributed by atoms with E-state index in [-0.39, 0.29) is 10.8 Å². The maximum Gasteiger partial charge on any atom is 0.276 e. The van der Waals surface area contributed by atoms with Gasteiger partial charge in [-0.25, -0.2) is 9.97 Å². The quantitative estimate of drug-likeness (QED) is 0.678. The van der Waals surface area contributed by atoms with E-state index in [0.717, 1.165) is 5.56 Å². The molecule has 3 rings (SSSR count). The molecule has 3 aromatic rings. The molecule has 0 spiro atoms. The molecule has 1 N–H and O–H groups in total. The van der Waals surface area contributed by atoms with Crippen LogP contribution in [0.1, 0.15) is 0 Å². The number of hydrogen-bond acceptors (Lipinski definition) is 4. The number of fused-ring (bicyclic) bond motifs is 1. The van der Waals surface area contributed by atoms with Crippen molar-refractivity contribution < 1.29 is 0 Å². The summed E-state index contributed by atoms with van der Waals surface area (Å²) in [6.07, 6.45) is 1.48. The van der Waals surface area contributed by atoms with Gasteiger partial charge in [0.25, 0.3) is 5.56 Å². The molecule has 0 saturated carbocycles. The number of hydrogen-bond donors (Lipinski definition) is 1. The highest BCUT2D eigenvalue weighted by Gasteiger charge is 2.08. The molecule has 0 atom stereocenters. The van der Waals surface area contributed by atoms with Crippen LogP contribution >= 0.6 is 11.6 Å². The van der Waals surface area contributed by atoms with Gasteiger partial charge in [-0.15, -0.1) is 0 Å². The van der Waals surface area contributed by atoms with Crippen LogP contribution in [-0.4, -0.2) is 19.9 Å². The second-order valence-electron chi connectivity index (χ2n) is 3.65. The highest BCUT2D eigenvalue weighted by Crippen LogP contribution is 2.14. The highest BCUT2D eigenvalue weighted by atomic mass is 35.5. The number of nitrogens with one attached hydrogen (secondary N) is 1. The Kier molecular flexibility index (Phi) is 2.53. The molecule has 2 heterocycles. The third-order valence-electron chi connectivity index (χ3n) is 2.47. The lowest BCUT2D eigenvalue weighted by Crippen LogP contribution is -2.12. The predicted molar refractivity (Wildman–Crippen MR) is 68.4 cm³/mol. The molecule has 0 radical (unpaired) electrons. The summed E-state index contributed by atoms with van der Waals surface area (Å²) in [7, 11) is 0. The van der Waals surface area contributed by atoms with Gasteiger partial charge in [0, 0.05) is 5.56 Å². The summed E-state index contributed by atoms with van der Waals surface area (Å²) in [6.45, 7) is 0. The normalized spacial score (nSPS) is 10.7. The largest absolute Gasteiger partial charge is 0.303 e. The summed E-state index contributed by atoms with van der Waals surface area (Å²) in [5.41, 5.74) is 1.62. The van der Waals surface area contributed by atoms with Crippen molar-refractivity contribution in [2.24, 2.45) is 0 Å². The third-order valence-corrected chi connectivity index (χ3v) is 2.65.